The van der Waals surface area contributed by atoms with Crippen molar-refractivity contribution in [3.63, 3.8) is 0 Å². The Bertz CT molecular complexity index is 649. The Morgan fingerprint density at radius 2 is 2.26 bits per heavy atom. The normalized spacial score (nSPS) is 10.4. The molecule has 1 aromatic heterocycles. The molecular weight excluding hydrogens is 270 g/mol. The zero-order valence-electron chi connectivity index (χ0n) is 9.99. The summed E-state index contributed by atoms with van der Waals surface area (Å²) in [6.07, 6.45) is 0. The standard InChI is InChI=1S/C11H11N3O4S/c1-18-8-5-3-2-4-7(8)14-10(17)12-13-11(14)19-6-9(15)16/h2-5H,6H2,1H3,(H,12,17)(H,15,16). The summed E-state index contributed by atoms with van der Waals surface area (Å²) in [7, 11) is 1.49. The highest BCUT2D eigenvalue weighted by atomic mass is 32.2. The van der Waals surface area contributed by atoms with Crippen molar-refractivity contribution in [3.05, 3.63) is 34.7 Å². The van der Waals surface area contributed by atoms with E-state index < -0.39 is 11.7 Å². The van der Waals surface area contributed by atoms with E-state index in [0.717, 1.165) is 11.8 Å². The van der Waals surface area contributed by atoms with Crippen LogP contribution >= 0.6 is 11.8 Å². The van der Waals surface area contributed by atoms with Crippen LogP contribution in [0.1, 0.15) is 0 Å². The Labute approximate surface area is 112 Å². The van der Waals surface area contributed by atoms with Gasteiger partial charge in [-0.2, -0.15) is 0 Å². The van der Waals surface area contributed by atoms with E-state index >= 15 is 0 Å². The molecule has 0 saturated heterocycles. The molecule has 2 N–H and O–H groups in total. The average molecular weight is 281 g/mol. The molecule has 7 nitrogen and oxygen atoms in total. The predicted octanol–water partition coefficient (Wildman–Crippen LogP) is 0.746. The minimum Gasteiger partial charge on any atom is -0.495 e. The lowest BCUT2D eigenvalue weighted by molar-refractivity contribution is -0.133. The maximum absolute atomic E-state index is 11.8. The number of benzene rings is 1. The molecule has 0 spiro atoms. The van der Waals surface area contributed by atoms with Gasteiger partial charge in [0, 0.05) is 0 Å². The molecule has 19 heavy (non-hydrogen) atoms. The van der Waals surface area contributed by atoms with Gasteiger partial charge < -0.3 is 9.84 Å². The van der Waals surface area contributed by atoms with Crippen LogP contribution in [0.15, 0.2) is 34.2 Å². The third-order valence-corrected chi connectivity index (χ3v) is 3.22. The largest absolute Gasteiger partial charge is 0.495 e. The summed E-state index contributed by atoms with van der Waals surface area (Å²) in [5.41, 5.74) is 0.0639. The molecule has 2 rings (SSSR count). The van der Waals surface area contributed by atoms with Crippen LogP contribution in [0, 0.1) is 0 Å². The van der Waals surface area contributed by atoms with Crippen molar-refractivity contribution in [2.75, 3.05) is 12.9 Å². The minimum atomic E-state index is -0.980. The van der Waals surface area contributed by atoms with Gasteiger partial charge in [-0.25, -0.2) is 14.5 Å². The number of para-hydroxylation sites is 2. The number of hydrogen-bond acceptors (Lipinski definition) is 5. The summed E-state index contributed by atoms with van der Waals surface area (Å²) >= 11 is 0.956. The number of H-pyrrole nitrogens is 1. The van der Waals surface area contributed by atoms with Crippen LogP contribution in [0.3, 0.4) is 0 Å². The first kappa shape index (κ1) is 13.2. The van der Waals surface area contributed by atoms with Crippen LogP contribution in [0.2, 0.25) is 0 Å². The molecule has 0 aliphatic rings. The minimum absolute atomic E-state index is 0.181. The molecule has 0 saturated carbocycles. The van der Waals surface area contributed by atoms with Gasteiger partial charge >= 0.3 is 11.7 Å². The molecule has 0 amide bonds. The van der Waals surface area contributed by atoms with E-state index in [0.29, 0.717) is 11.4 Å². The van der Waals surface area contributed by atoms with Crippen molar-refractivity contribution in [3.8, 4) is 11.4 Å². The molecule has 0 bridgehead atoms. The van der Waals surface area contributed by atoms with Gasteiger partial charge in [-0.05, 0) is 12.1 Å². The zero-order chi connectivity index (χ0) is 13.8. The lowest BCUT2D eigenvalue weighted by Crippen LogP contribution is -2.16. The van der Waals surface area contributed by atoms with E-state index in [1.807, 2.05) is 0 Å². The van der Waals surface area contributed by atoms with Crippen LogP contribution in [0.25, 0.3) is 5.69 Å². The van der Waals surface area contributed by atoms with E-state index in [9.17, 15) is 9.59 Å². The van der Waals surface area contributed by atoms with Crippen LogP contribution in [0.5, 0.6) is 5.75 Å². The molecule has 1 heterocycles. The lowest BCUT2D eigenvalue weighted by Gasteiger charge is -2.09. The SMILES string of the molecule is COc1ccccc1-n1c(SCC(=O)O)n[nH]c1=O. The zero-order valence-corrected chi connectivity index (χ0v) is 10.8. The molecule has 0 aliphatic carbocycles. The second kappa shape index (κ2) is 5.61. The highest BCUT2D eigenvalue weighted by Crippen LogP contribution is 2.24. The lowest BCUT2D eigenvalue weighted by atomic mass is 10.3. The Kier molecular flexibility index (Phi) is 3.91. The number of methoxy groups -OCH3 is 1. The molecule has 0 aliphatic heterocycles. The highest BCUT2D eigenvalue weighted by Gasteiger charge is 2.15. The number of thioether (sulfide) groups is 1. The van der Waals surface area contributed by atoms with Crippen molar-refractivity contribution in [2.45, 2.75) is 5.16 Å². The van der Waals surface area contributed by atoms with Gasteiger partial charge in [-0.1, -0.05) is 23.9 Å². The first-order valence-corrected chi connectivity index (χ1v) is 6.27. The number of aromatic amines is 1. The van der Waals surface area contributed by atoms with Crippen molar-refractivity contribution >= 4 is 17.7 Å². The molecule has 0 atom stereocenters. The van der Waals surface area contributed by atoms with Gasteiger partial charge in [0.25, 0.3) is 0 Å². The Morgan fingerprint density at radius 1 is 1.53 bits per heavy atom. The van der Waals surface area contributed by atoms with Gasteiger partial charge in [0.1, 0.15) is 5.75 Å². The van der Waals surface area contributed by atoms with Crippen LogP contribution in [0.4, 0.5) is 0 Å². The third kappa shape index (κ3) is 2.79. The quantitative estimate of drug-likeness (QED) is 0.785. The van der Waals surface area contributed by atoms with Gasteiger partial charge in [-0.15, -0.1) is 5.10 Å². The number of carboxylic acids is 1. The molecule has 8 heteroatoms. The number of carbonyl (C=O) groups is 1. The van der Waals surface area contributed by atoms with Gasteiger partial charge in [0.15, 0.2) is 5.16 Å². The van der Waals surface area contributed by atoms with E-state index in [2.05, 4.69) is 10.2 Å². The maximum Gasteiger partial charge on any atom is 0.348 e. The second-order valence-corrected chi connectivity index (χ2v) is 4.44. The molecule has 2 aromatic rings. The fourth-order valence-corrected chi connectivity index (χ4v) is 2.21. The maximum atomic E-state index is 11.8. The van der Waals surface area contributed by atoms with E-state index in [1.165, 1.54) is 11.7 Å². The fourth-order valence-electron chi connectivity index (χ4n) is 1.53. The first-order valence-electron chi connectivity index (χ1n) is 5.29. The Hall–Kier alpha value is -2.22. The van der Waals surface area contributed by atoms with Gasteiger partial charge in [0.05, 0.1) is 18.6 Å². The molecule has 0 radical (unpaired) electrons. The Morgan fingerprint density at radius 3 is 2.95 bits per heavy atom. The van der Waals surface area contributed by atoms with Crippen molar-refractivity contribution < 1.29 is 14.6 Å². The van der Waals surface area contributed by atoms with E-state index in [1.54, 1.807) is 24.3 Å². The molecule has 0 unspecified atom stereocenters. The van der Waals surface area contributed by atoms with Crippen molar-refractivity contribution in [2.24, 2.45) is 0 Å². The number of nitrogens with zero attached hydrogens (tertiary/aromatic N) is 2. The molecule has 0 fully saturated rings. The summed E-state index contributed by atoms with van der Waals surface area (Å²) in [5, 5.41) is 15.1. The van der Waals surface area contributed by atoms with Crippen LogP contribution in [-0.4, -0.2) is 38.7 Å². The van der Waals surface area contributed by atoms with Crippen LogP contribution in [-0.2, 0) is 4.79 Å². The predicted molar refractivity (Wildman–Crippen MR) is 69.1 cm³/mol. The van der Waals surface area contributed by atoms with Crippen LogP contribution < -0.4 is 10.4 Å². The topological polar surface area (TPSA) is 97.2 Å². The summed E-state index contributed by atoms with van der Waals surface area (Å²) in [5.74, 6) is -0.658. The molecule has 1 aromatic carbocycles. The van der Waals surface area contributed by atoms with Gasteiger partial charge in [-0.3, -0.25) is 4.79 Å². The first-order chi connectivity index (χ1) is 9.13. The fraction of sp³-hybridized carbons (Fsp3) is 0.182. The van der Waals surface area contributed by atoms with Crippen molar-refractivity contribution in [1.29, 1.82) is 0 Å². The summed E-state index contributed by atoms with van der Waals surface area (Å²) in [4.78, 5) is 22.4. The van der Waals surface area contributed by atoms with Gasteiger partial charge in [0.2, 0.25) is 0 Å². The van der Waals surface area contributed by atoms with Crippen molar-refractivity contribution in [1.82, 2.24) is 14.8 Å². The number of nitrogens with one attached hydrogen (secondary N) is 1. The number of ether oxygens (including phenoxy) is 1. The number of aliphatic carboxylic acids is 1. The summed E-state index contributed by atoms with van der Waals surface area (Å²) in [6.45, 7) is 0. The molecular formula is C11H11N3O4S. The number of hydrogen-bond donors (Lipinski definition) is 2. The third-order valence-electron chi connectivity index (χ3n) is 2.29. The average Bonchev–Trinajstić information content (AvgIpc) is 2.77. The Balaban J connectivity index is 2.46. The summed E-state index contributed by atoms with van der Waals surface area (Å²) in [6, 6.07) is 6.93. The highest BCUT2D eigenvalue weighted by molar-refractivity contribution is 7.99. The number of aromatic nitrogens is 3. The number of rotatable bonds is 5. The van der Waals surface area contributed by atoms with E-state index in [4.69, 9.17) is 9.84 Å². The summed E-state index contributed by atoms with van der Waals surface area (Å²) < 4.78 is 6.46. The number of carboxylic acid groups (broad SMARTS) is 1. The molecule has 100 valence electrons. The second-order valence-electron chi connectivity index (χ2n) is 3.50. The monoisotopic (exact) mass is 281 g/mol. The smallest absolute Gasteiger partial charge is 0.348 e. The van der Waals surface area contributed by atoms with E-state index in [-0.39, 0.29) is 10.9 Å².